The van der Waals surface area contributed by atoms with Gasteiger partial charge in [-0.3, -0.25) is 4.90 Å². The lowest BCUT2D eigenvalue weighted by molar-refractivity contribution is 0.194. The zero-order valence-corrected chi connectivity index (χ0v) is 14.1. The minimum absolute atomic E-state index is 0.117. The van der Waals surface area contributed by atoms with Gasteiger partial charge in [-0.15, -0.1) is 0 Å². The zero-order valence-electron chi connectivity index (χ0n) is 14.1. The average Bonchev–Trinajstić information content (AvgIpc) is 2.99. The highest BCUT2D eigenvalue weighted by Crippen LogP contribution is 2.30. The van der Waals surface area contributed by atoms with Crippen molar-refractivity contribution in [2.24, 2.45) is 0 Å². The van der Waals surface area contributed by atoms with Crippen LogP contribution in [0.5, 0.6) is 11.5 Å². The summed E-state index contributed by atoms with van der Waals surface area (Å²) in [6.45, 7) is 4.65. The summed E-state index contributed by atoms with van der Waals surface area (Å²) in [4.78, 5) is 9.63. The molecule has 0 bridgehead atoms. The second-order valence-electron chi connectivity index (χ2n) is 5.92. The van der Waals surface area contributed by atoms with Crippen molar-refractivity contribution in [2.75, 3.05) is 33.4 Å². The van der Waals surface area contributed by atoms with Crippen LogP contribution in [0.1, 0.15) is 17.1 Å². The molecule has 0 radical (unpaired) electrons. The van der Waals surface area contributed by atoms with Gasteiger partial charge in [0.1, 0.15) is 23.9 Å². The molecule has 2 aromatic rings. The first kappa shape index (κ1) is 16.5. The van der Waals surface area contributed by atoms with E-state index in [4.69, 9.17) is 9.47 Å². The van der Waals surface area contributed by atoms with Crippen molar-refractivity contribution < 1.29 is 14.6 Å². The Morgan fingerprint density at radius 3 is 2.96 bits per heavy atom. The topological polar surface area (TPSA) is 70.6 Å². The summed E-state index contributed by atoms with van der Waals surface area (Å²) in [6.07, 6.45) is 3.98. The number of hydrogen-bond acceptors (Lipinski definition) is 5. The van der Waals surface area contributed by atoms with Gasteiger partial charge in [-0.05, 0) is 36.8 Å². The standard InChI is InChI=1S/C18H23N3O3/c1-13-19-9-16(20-13)11-21(5-6-22)10-14-7-15-8-17(23-2)3-4-18(15)24-12-14/h3-4,7-9,22H,5-6,10-12H2,1-2H3,(H,19,20). The van der Waals surface area contributed by atoms with Crippen LogP contribution < -0.4 is 9.47 Å². The van der Waals surface area contributed by atoms with Crippen LogP contribution in [0.25, 0.3) is 6.08 Å². The highest BCUT2D eigenvalue weighted by atomic mass is 16.5. The Bertz CT molecular complexity index is 724. The fourth-order valence-electron chi connectivity index (χ4n) is 2.86. The summed E-state index contributed by atoms with van der Waals surface area (Å²) >= 11 is 0. The third-order valence-corrected chi connectivity index (χ3v) is 3.98. The van der Waals surface area contributed by atoms with Gasteiger partial charge >= 0.3 is 0 Å². The van der Waals surface area contributed by atoms with Crippen LogP contribution in [0.4, 0.5) is 0 Å². The molecule has 0 aliphatic carbocycles. The number of rotatable bonds is 7. The van der Waals surface area contributed by atoms with E-state index in [9.17, 15) is 5.11 Å². The van der Waals surface area contributed by atoms with E-state index in [1.807, 2.05) is 31.3 Å². The molecule has 0 amide bonds. The number of aryl methyl sites for hydroxylation is 1. The number of fused-ring (bicyclic) bond motifs is 1. The van der Waals surface area contributed by atoms with Gasteiger partial charge in [0.2, 0.25) is 0 Å². The minimum Gasteiger partial charge on any atom is -0.497 e. The predicted octanol–water partition coefficient (Wildman–Crippen LogP) is 2.00. The first-order chi connectivity index (χ1) is 11.7. The van der Waals surface area contributed by atoms with Gasteiger partial charge in [-0.1, -0.05) is 0 Å². The van der Waals surface area contributed by atoms with E-state index >= 15 is 0 Å². The summed E-state index contributed by atoms with van der Waals surface area (Å²) in [6, 6.07) is 5.81. The van der Waals surface area contributed by atoms with Gasteiger partial charge in [0.15, 0.2) is 0 Å². The van der Waals surface area contributed by atoms with Crippen molar-refractivity contribution in [3.05, 3.63) is 47.1 Å². The number of aliphatic hydroxyl groups is 1. The lowest BCUT2D eigenvalue weighted by atomic mass is 10.1. The van der Waals surface area contributed by atoms with Crippen LogP contribution >= 0.6 is 0 Å². The zero-order chi connectivity index (χ0) is 16.9. The van der Waals surface area contributed by atoms with E-state index in [1.54, 1.807) is 7.11 Å². The third kappa shape index (κ3) is 3.96. The van der Waals surface area contributed by atoms with Crippen LogP contribution in [0, 0.1) is 6.92 Å². The number of methoxy groups -OCH3 is 1. The van der Waals surface area contributed by atoms with Gasteiger partial charge in [0.05, 0.1) is 13.7 Å². The van der Waals surface area contributed by atoms with E-state index in [0.717, 1.165) is 35.1 Å². The van der Waals surface area contributed by atoms with Crippen molar-refractivity contribution in [3.63, 3.8) is 0 Å². The van der Waals surface area contributed by atoms with Crippen LogP contribution in [0.3, 0.4) is 0 Å². The molecule has 0 spiro atoms. The molecule has 0 unspecified atom stereocenters. The largest absolute Gasteiger partial charge is 0.497 e. The molecule has 0 fully saturated rings. The van der Waals surface area contributed by atoms with Crippen molar-refractivity contribution in [3.8, 4) is 11.5 Å². The molecule has 1 aromatic heterocycles. The van der Waals surface area contributed by atoms with Crippen molar-refractivity contribution >= 4 is 6.08 Å². The molecule has 2 heterocycles. The first-order valence-corrected chi connectivity index (χ1v) is 8.02. The van der Waals surface area contributed by atoms with Gasteiger partial charge in [0, 0.05) is 37.1 Å². The van der Waals surface area contributed by atoms with E-state index in [2.05, 4.69) is 20.9 Å². The summed E-state index contributed by atoms with van der Waals surface area (Å²) in [7, 11) is 1.66. The van der Waals surface area contributed by atoms with Crippen LogP contribution in [-0.4, -0.2) is 53.4 Å². The smallest absolute Gasteiger partial charge is 0.127 e. The Balaban J connectivity index is 1.73. The second-order valence-corrected chi connectivity index (χ2v) is 5.92. The Hall–Kier alpha value is -2.31. The maximum atomic E-state index is 9.34. The molecule has 0 saturated carbocycles. The lowest BCUT2D eigenvalue weighted by Gasteiger charge is -2.25. The maximum absolute atomic E-state index is 9.34. The van der Waals surface area contributed by atoms with E-state index in [1.165, 1.54) is 5.57 Å². The Labute approximate surface area is 141 Å². The molecule has 0 atom stereocenters. The number of hydrogen-bond donors (Lipinski definition) is 2. The summed E-state index contributed by atoms with van der Waals surface area (Å²) in [5.74, 6) is 2.59. The number of aliphatic hydroxyl groups excluding tert-OH is 1. The minimum atomic E-state index is 0.117. The number of H-pyrrole nitrogens is 1. The molecule has 1 aromatic carbocycles. The molecule has 128 valence electrons. The molecule has 2 N–H and O–H groups in total. The molecule has 6 nitrogen and oxygen atoms in total. The predicted molar refractivity (Wildman–Crippen MR) is 92.2 cm³/mol. The molecule has 6 heteroatoms. The maximum Gasteiger partial charge on any atom is 0.127 e. The number of imidazole rings is 1. The molecule has 24 heavy (non-hydrogen) atoms. The third-order valence-electron chi connectivity index (χ3n) is 3.98. The lowest BCUT2D eigenvalue weighted by Crippen LogP contribution is -2.30. The van der Waals surface area contributed by atoms with Crippen LogP contribution in [0.2, 0.25) is 0 Å². The number of ether oxygens (including phenoxy) is 2. The van der Waals surface area contributed by atoms with Gasteiger partial charge in [0.25, 0.3) is 0 Å². The van der Waals surface area contributed by atoms with Crippen molar-refractivity contribution in [1.82, 2.24) is 14.9 Å². The van der Waals surface area contributed by atoms with E-state index in [0.29, 0.717) is 19.7 Å². The molecule has 3 rings (SSSR count). The summed E-state index contributed by atoms with van der Waals surface area (Å²) in [5.41, 5.74) is 3.23. The number of aromatic nitrogens is 2. The van der Waals surface area contributed by atoms with E-state index in [-0.39, 0.29) is 6.61 Å². The molecular weight excluding hydrogens is 306 g/mol. The van der Waals surface area contributed by atoms with Gasteiger partial charge in [-0.25, -0.2) is 4.98 Å². The average molecular weight is 329 g/mol. The first-order valence-electron chi connectivity index (χ1n) is 8.02. The quantitative estimate of drug-likeness (QED) is 0.813. The molecular formula is C18H23N3O3. The SMILES string of the molecule is COc1ccc2c(c1)C=C(CN(CCO)Cc1cnc(C)[nH]1)CO2. The van der Waals surface area contributed by atoms with E-state index < -0.39 is 0 Å². The fourth-order valence-corrected chi connectivity index (χ4v) is 2.86. The number of benzene rings is 1. The highest BCUT2D eigenvalue weighted by molar-refractivity contribution is 5.64. The summed E-state index contributed by atoms with van der Waals surface area (Å²) in [5, 5.41) is 9.34. The van der Waals surface area contributed by atoms with Gasteiger partial charge in [-0.2, -0.15) is 0 Å². The number of nitrogens with zero attached hydrogens (tertiary/aromatic N) is 2. The van der Waals surface area contributed by atoms with Crippen molar-refractivity contribution in [1.29, 1.82) is 0 Å². The Morgan fingerprint density at radius 1 is 1.38 bits per heavy atom. The van der Waals surface area contributed by atoms with Crippen molar-refractivity contribution in [2.45, 2.75) is 13.5 Å². The molecule has 1 aliphatic rings. The number of nitrogens with one attached hydrogen (secondary N) is 1. The van der Waals surface area contributed by atoms with Crippen LogP contribution in [-0.2, 0) is 6.54 Å². The monoisotopic (exact) mass is 329 g/mol. The second kappa shape index (κ2) is 7.51. The number of aromatic amines is 1. The Kier molecular flexibility index (Phi) is 5.17. The fraction of sp³-hybridized carbons (Fsp3) is 0.389. The molecule has 1 aliphatic heterocycles. The molecule has 0 saturated heterocycles. The highest BCUT2D eigenvalue weighted by Gasteiger charge is 2.16. The van der Waals surface area contributed by atoms with Gasteiger partial charge < -0.3 is 19.6 Å². The van der Waals surface area contributed by atoms with Crippen LogP contribution in [0.15, 0.2) is 30.0 Å². The Morgan fingerprint density at radius 2 is 2.25 bits per heavy atom. The summed E-state index contributed by atoms with van der Waals surface area (Å²) < 4.78 is 11.1. The normalized spacial score (nSPS) is 13.4.